The molecule has 0 aromatic heterocycles. The normalized spacial score (nSPS) is 15.0. The lowest BCUT2D eigenvalue weighted by Crippen LogP contribution is -1.95. The summed E-state index contributed by atoms with van der Waals surface area (Å²) in [5.41, 5.74) is 0. The zero-order chi connectivity index (χ0) is 5.86. The predicted octanol–water partition coefficient (Wildman–Crippen LogP) is 2.82. The van der Waals surface area contributed by atoms with Crippen LogP contribution in [0.3, 0.4) is 0 Å². The molecule has 0 saturated heterocycles. The van der Waals surface area contributed by atoms with Crippen LogP contribution in [-0.4, -0.2) is 4.83 Å². The van der Waals surface area contributed by atoms with Gasteiger partial charge in [-0.3, -0.25) is 0 Å². The van der Waals surface area contributed by atoms with Crippen molar-refractivity contribution >= 4 is 15.9 Å². The van der Waals surface area contributed by atoms with Crippen molar-refractivity contribution in [3.05, 3.63) is 0 Å². The molecule has 1 atom stereocenters. The fourth-order valence-corrected chi connectivity index (χ4v) is 1.40. The quantitative estimate of drug-likeness (QED) is 0.552. The minimum atomic E-state index is 0.687. The minimum absolute atomic E-state index is 0.687. The van der Waals surface area contributed by atoms with E-state index in [9.17, 15) is 0 Å². The van der Waals surface area contributed by atoms with Crippen molar-refractivity contribution in [3.63, 3.8) is 0 Å². The van der Waals surface area contributed by atoms with Crippen LogP contribution in [0.25, 0.3) is 0 Å². The summed E-state index contributed by atoms with van der Waals surface area (Å²) in [5.74, 6) is 0.828. The molecule has 0 saturated carbocycles. The standard InChI is InChI=1S/C6H13Br/c1-5(2)4-6(3)7/h5-6H,4H2,1-3H3. The highest BCUT2D eigenvalue weighted by molar-refractivity contribution is 9.09. The van der Waals surface area contributed by atoms with Crippen LogP contribution >= 0.6 is 15.9 Å². The Morgan fingerprint density at radius 2 is 1.71 bits per heavy atom. The van der Waals surface area contributed by atoms with Crippen molar-refractivity contribution in [2.45, 2.75) is 32.0 Å². The molecule has 0 aliphatic heterocycles. The molecule has 0 heterocycles. The number of hydrogen-bond donors (Lipinski definition) is 0. The van der Waals surface area contributed by atoms with Crippen LogP contribution in [-0.2, 0) is 0 Å². The number of hydrogen-bond acceptors (Lipinski definition) is 0. The molecule has 1 unspecified atom stereocenters. The second-order valence-corrected chi connectivity index (χ2v) is 3.97. The molecule has 0 spiro atoms. The molecule has 0 radical (unpaired) electrons. The number of halogens is 1. The van der Waals surface area contributed by atoms with Crippen molar-refractivity contribution in [3.8, 4) is 0 Å². The Labute approximate surface area is 54.4 Å². The van der Waals surface area contributed by atoms with Crippen molar-refractivity contribution in [2.24, 2.45) is 5.92 Å². The molecule has 0 nitrogen and oxygen atoms in total. The highest BCUT2D eigenvalue weighted by atomic mass is 79.9. The van der Waals surface area contributed by atoms with Gasteiger partial charge in [0.25, 0.3) is 0 Å². The molecule has 44 valence electrons. The monoisotopic (exact) mass is 164 g/mol. The van der Waals surface area contributed by atoms with Gasteiger partial charge in [0.1, 0.15) is 0 Å². The van der Waals surface area contributed by atoms with Crippen molar-refractivity contribution in [1.82, 2.24) is 0 Å². The topological polar surface area (TPSA) is 0 Å². The fourth-order valence-electron chi connectivity index (χ4n) is 0.650. The Bertz CT molecular complexity index is 33.4. The Morgan fingerprint density at radius 3 is 1.71 bits per heavy atom. The van der Waals surface area contributed by atoms with E-state index in [-0.39, 0.29) is 0 Å². The summed E-state index contributed by atoms with van der Waals surface area (Å²) < 4.78 is 0. The first-order valence-corrected chi connectivity index (χ1v) is 3.68. The van der Waals surface area contributed by atoms with E-state index in [4.69, 9.17) is 0 Å². The summed E-state index contributed by atoms with van der Waals surface area (Å²) in [5, 5.41) is 0. The van der Waals surface area contributed by atoms with E-state index in [1.54, 1.807) is 0 Å². The molecule has 0 amide bonds. The third-order valence-corrected chi connectivity index (χ3v) is 1.17. The summed E-state index contributed by atoms with van der Waals surface area (Å²) >= 11 is 3.47. The average molecular weight is 165 g/mol. The van der Waals surface area contributed by atoms with Gasteiger partial charge in [0.15, 0.2) is 0 Å². The summed E-state index contributed by atoms with van der Waals surface area (Å²) in [6.45, 7) is 6.65. The molecule has 0 aliphatic carbocycles. The Kier molecular flexibility index (Phi) is 3.72. The molecule has 0 rings (SSSR count). The largest absolute Gasteiger partial charge is 0.0894 e. The summed E-state index contributed by atoms with van der Waals surface area (Å²) in [4.78, 5) is 0.687. The summed E-state index contributed by atoms with van der Waals surface area (Å²) in [7, 11) is 0. The van der Waals surface area contributed by atoms with E-state index in [0.29, 0.717) is 4.83 Å². The van der Waals surface area contributed by atoms with Crippen LogP contribution in [0.2, 0.25) is 0 Å². The van der Waals surface area contributed by atoms with Crippen molar-refractivity contribution in [2.75, 3.05) is 0 Å². The van der Waals surface area contributed by atoms with Crippen molar-refractivity contribution < 1.29 is 0 Å². The molecular weight excluding hydrogens is 152 g/mol. The average Bonchev–Trinajstić information content (AvgIpc) is 1.27. The smallest absolute Gasteiger partial charge is 0.0120 e. The Morgan fingerprint density at radius 1 is 1.29 bits per heavy atom. The van der Waals surface area contributed by atoms with Crippen LogP contribution < -0.4 is 0 Å². The van der Waals surface area contributed by atoms with E-state index in [0.717, 1.165) is 5.92 Å². The van der Waals surface area contributed by atoms with Gasteiger partial charge in [-0.15, -0.1) is 0 Å². The molecule has 0 bridgehead atoms. The van der Waals surface area contributed by atoms with E-state index in [1.165, 1.54) is 6.42 Å². The molecule has 0 aliphatic rings. The number of rotatable bonds is 2. The van der Waals surface area contributed by atoms with Crippen LogP contribution in [0.1, 0.15) is 27.2 Å². The molecular formula is C6H13Br. The van der Waals surface area contributed by atoms with E-state index in [2.05, 4.69) is 36.7 Å². The first-order chi connectivity index (χ1) is 3.13. The fraction of sp³-hybridized carbons (Fsp3) is 1.00. The van der Waals surface area contributed by atoms with Crippen LogP contribution in [0.4, 0.5) is 0 Å². The lowest BCUT2D eigenvalue weighted by Gasteiger charge is -2.03. The van der Waals surface area contributed by atoms with Gasteiger partial charge in [-0.25, -0.2) is 0 Å². The Hall–Kier alpha value is 0.480. The van der Waals surface area contributed by atoms with Crippen LogP contribution in [0, 0.1) is 5.92 Å². The van der Waals surface area contributed by atoms with E-state index >= 15 is 0 Å². The van der Waals surface area contributed by atoms with Gasteiger partial charge < -0.3 is 0 Å². The highest BCUT2D eigenvalue weighted by Gasteiger charge is 1.97. The second-order valence-electron chi connectivity index (χ2n) is 2.41. The Balaban J connectivity index is 2.95. The lowest BCUT2D eigenvalue weighted by molar-refractivity contribution is 0.589. The molecule has 1 heteroatoms. The van der Waals surface area contributed by atoms with Gasteiger partial charge in [0.2, 0.25) is 0 Å². The minimum Gasteiger partial charge on any atom is -0.0894 e. The molecule has 0 fully saturated rings. The maximum absolute atomic E-state index is 3.47. The maximum Gasteiger partial charge on any atom is 0.0120 e. The summed E-state index contributed by atoms with van der Waals surface area (Å²) in [6.07, 6.45) is 1.28. The van der Waals surface area contributed by atoms with Crippen LogP contribution in [0.15, 0.2) is 0 Å². The predicted molar refractivity (Wildman–Crippen MR) is 37.8 cm³/mol. The van der Waals surface area contributed by atoms with Crippen LogP contribution in [0.5, 0.6) is 0 Å². The van der Waals surface area contributed by atoms with Gasteiger partial charge in [-0.1, -0.05) is 36.7 Å². The van der Waals surface area contributed by atoms with Gasteiger partial charge in [-0.05, 0) is 12.3 Å². The lowest BCUT2D eigenvalue weighted by atomic mass is 10.1. The second kappa shape index (κ2) is 3.48. The number of alkyl halides is 1. The molecule has 0 aromatic rings. The maximum atomic E-state index is 3.47. The first-order valence-electron chi connectivity index (χ1n) is 2.77. The zero-order valence-corrected chi connectivity index (χ0v) is 6.83. The summed E-state index contributed by atoms with van der Waals surface area (Å²) in [6, 6.07) is 0. The third kappa shape index (κ3) is 6.48. The zero-order valence-electron chi connectivity index (χ0n) is 5.24. The van der Waals surface area contributed by atoms with Gasteiger partial charge in [-0.2, -0.15) is 0 Å². The van der Waals surface area contributed by atoms with Gasteiger partial charge >= 0.3 is 0 Å². The van der Waals surface area contributed by atoms with Gasteiger partial charge in [0, 0.05) is 4.83 Å². The molecule has 0 aromatic carbocycles. The molecule has 7 heavy (non-hydrogen) atoms. The third-order valence-electron chi connectivity index (χ3n) is 0.796. The van der Waals surface area contributed by atoms with E-state index in [1.807, 2.05) is 0 Å². The van der Waals surface area contributed by atoms with Crippen molar-refractivity contribution in [1.29, 1.82) is 0 Å². The first kappa shape index (κ1) is 7.48. The SMILES string of the molecule is CC(C)CC(C)Br. The van der Waals surface area contributed by atoms with Gasteiger partial charge in [0.05, 0.1) is 0 Å². The molecule has 0 N–H and O–H groups in total. The van der Waals surface area contributed by atoms with E-state index < -0.39 is 0 Å². The highest BCUT2D eigenvalue weighted by Crippen LogP contribution is 2.10.